The van der Waals surface area contributed by atoms with E-state index in [2.05, 4.69) is 64.8 Å². The van der Waals surface area contributed by atoms with Crippen LogP contribution in [-0.2, 0) is 56.7 Å². The van der Waals surface area contributed by atoms with Gasteiger partial charge in [0.2, 0.25) is 47.1 Å². The van der Waals surface area contributed by atoms with Gasteiger partial charge in [-0.25, -0.2) is 9.59 Å². The number of benzene rings is 5. The average molecular weight is 1620 g/mol. The fourth-order valence-corrected chi connectivity index (χ4v) is 14.9. The number of halogens is 2. The zero-order valence-corrected chi connectivity index (χ0v) is 68.7. The lowest BCUT2D eigenvalue weighted by atomic mass is 9.89. The van der Waals surface area contributed by atoms with Crippen molar-refractivity contribution in [2.45, 2.75) is 159 Å². The van der Waals surface area contributed by atoms with Crippen LogP contribution in [0.2, 0.25) is 46.3 Å². The maximum Gasteiger partial charge on any atom is 0.410 e. The Balaban J connectivity index is 1.47. The molecular weight excluding hydrogens is 1520 g/mol. The monoisotopic (exact) mass is 1610 g/mol. The van der Waals surface area contributed by atoms with Crippen LogP contribution in [-0.4, -0.2) is 144 Å². The zero-order chi connectivity index (χ0) is 82.6. The zero-order valence-electron chi connectivity index (χ0n) is 65.2. The van der Waals surface area contributed by atoms with Crippen LogP contribution in [0.15, 0.2) is 142 Å². The fraction of sp³-hybridized carbons (Fsp3) is 0.395. The summed E-state index contributed by atoms with van der Waals surface area (Å²) in [4.78, 5) is 139. The van der Waals surface area contributed by atoms with E-state index in [1.807, 2.05) is 81.6 Å². The highest BCUT2D eigenvalue weighted by Crippen LogP contribution is 2.51. The van der Waals surface area contributed by atoms with Gasteiger partial charge in [-0.2, -0.15) is 0 Å². The van der Waals surface area contributed by atoms with Crippen molar-refractivity contribution in [2.75, 3.05) is 40.1 Å². The lowest BCUT2D eigenvalue weighted by Crippen LogP contribution is -2.60. The van der Waals surface area contributed by atoms with Gasteiger partial charge in [-0.15, -0.1) is 0 Å². The minimum absolute atomic E-state index is 0.00930. The Bertz CT molecular complexity index is 4480. The standard InChI is InChI=1S/C81H100Cl2N8O19Si2/c1-19-30-102-49-41-51-63(59(42-49)104-32-21-3)50-36-45(24-27-56(50)103-31-20-2)64-74(96)90-68(77(99)88-66(51)78(100)105-33-22-4)71(110-112(17,18)81(11,12)13)47-26-29-58(53(83)38-47)108-61-40-48-39-60(69(61)93)107-57-28-25-46(37-52(57)82)70(109-111(15,16)80(8,9)10)67(89-73(95)55(35-44(6)7)91(14)79(101)106-34-23-5)76(98)85-54(43-62(84)92)72(94)86-65(48)75(97)87-64/h19-29,36-42,44,54-55,64-68,70-71,93H,1-5,30-35,43H2,6-18H3,(H2,84,92)(H,85,98)(H,86,94)(H,87,97)(H,88,99)(H,89,95)(H,90,96)/t54-,55+,64+,65+,66-,67+,68-,70+,71+/m0/s1. The molecule has 9 atom stereocenters. The molecule has 0 aromatic heterocycles. The Kier molecular flexibility index (Phi) is 28.6. The lowest BCUT2D eigenvalue weighted by molar-refractivity contribution is -0.147. The van der Waals surface area contributed by atoms with Crippen LogP contribution in [0.1, 0.15) is 126 Å². The molecule has 5 aromatic carbocycles. The van der Waals surface area contributed by atoms with Crippen molar-refractivity contribution in [1.29, 1.82) is 0 Å². The lowest BCUT2D eigenvalue weighted by Gasteiger charge is -2.42. The van der Waals surface area contributed by atoms with E-state index in [9.17, 15) is 14.7 Å². The summed E-state index contributed by atoms with van der Waals surface area (Å²) in [5, 5.41) is 27.8. The Labute approximate surface area is 664 Å². The van der Waals surface area contributed by atoms with Crippen LogP contribution in [0.25, 0.3) is 11.1 Å². The van der Waals surface area contributed by atoms with E-state index in [0.29, 0.717) is 0 Å². The quantitative estimate of drug-likeness (QED) is 0.0153. The fourth-order valence-electron chi connectivity index (χ4n) is 11.9. The van der Waals surface area contributed by atoms with Gasteiger partial charge in [0.05, 0.1) is 28.7 Å². The SMILES string of the molecule is C=CCOC(=O)[C@H]1NC(=O)[C@H]2NC(=O)[C@H](NC(=O)[C@@H]3NC(=O)[C@H](CC(N)=O)NC(=O)[C@H](NC(=O)[C@@H](CC(C)C)N(C)C(=O)OCC=C)[C@H](O[Si](C)(C)C(C)(C)C)c4ccc(c(Cl)c4)Oc4cc3cc(c4O)Oc3ccc(cc3Cl)[C@H]2O[Si](C)(C)C(C)(C)C)c2ccc(OCC=C)c(c2)-c2c(OCC=C)cc(OCC=C)cc21. The molecule has 5 heterocycles. The van der Waals surface area contributed by atoms with Crippen LogP contribution >= 0.6 is 23.2 Å². The molecule has 0 unspecified atom stereocenters. The van der Waals surface area contributed by atoms with Gasteiger partial charge in [0.1, 0.15) is 98.0 Å². The van der Waals surface area contributed by atoms with Crippen molar-refractivity contribution in [3.8, 4) is 57.1 Å². The highest BCUT2D eigenvalue weighted by molar-refractivity contribution is 6.74. The molecular formula is C81H100Cl2N8O19Si2. The summed E-state index contributed by atoms with van der Waals surface area (Å²) in [6.45, 7) is 40.8. The molecule has 0 aliphatic carbocycles. The summed E-state index contributed by atoms with van der Waals surface area (Å²) >= 11 is 14.6. The molecule has 0 radical (unpaired) electrons. The summed E-state index contributed by atoms with van der Waals surface area (Å²) in [6.07, 6.45) is 2.15. The molecule has 5 aliphatic heterocycles. The molecule has 11 bridgehead atoms. The smallest absolute Gasteiger partial charge is 0.410 e. The third-order valence-corrected chi connectivity index (χ3v) is 29.3. The predicted molar refractivity (Wildman–Crippen MR) is 428 cm³/mol. The van der Waals surface area contributed by atoms with E-state index in [-0.39, 0.29) is 123 Å². The van der Waals surface area contributed by atoms with Gasteiger partial charge in [-0.3, -0.25) is 38.5 Å². The van der Waals surface area contributed by atoms with Crippen molar-refractivity contribution in [1.82, 2.24) is 36.8 Å². The van der Waals surface area contributed by atoms with Gasteiger partial charge in [-0.1, -0.05) is 160 Å². The molecule has 31 heteroatoms. The number of amides is 8. The van der Waals surface area contributed by atoms with E-state index in [0.717, 1.165) is 17.0 Å². The third kappa shape index (κ3) is 20.6. The van der Waals surface area contributed by atoms with E-state index in [1.54, 1.807) is 0 Å². The number of nitrogens with two attached hydrogens (primary N) is 1. The number of phenolic OH excluding ortho intramolecular Hbond substituents is 1. The van der Waals surface area contributed by atoms with E-state index >= 15 is 33.6 Å². The maximum atomic E-state index is 16.5. The highest BCUT2D eigenvalue weighted by Gasteiger charge is 2.49. The number of fused-ring (bicyclic) bond motifs is 15. The largest absolute Gasteiger partial charge is 0.502 e. The second kappa shape index (κ2) is 36.8. The molecule has 8 amide bonds. The predicted octanol–water partition coefficient (Wildman–Crippen LogP) is 12.7. The van der Waals surface area contributed by atoms with E-state index in [4.69, 9.17) is 70.9 Å². The van der Waals surface area contributed by atoms with Crippen molar-refractivity contribution in [3.63, 3.8) is 0 Å². The first-order valence-electron chi connectivity index (χ1n) is 36.3. The number of hydrogen-bond donors (Lipinski definition) is 8. The third-order valence-electron chi connectivity index (χ3n) is 19.8. The van der Waals surface area contributed by atoms with Gasteiger partial charge in [0.25, 0.3) is 0 Å². The first-order valence-corrected chi connectivity index (χ1v) is 42.8. The van der Waals surface area contributed by atoms with E-state index < -0.39 is 158 Å². The molecule has 10 rings (SSSR count). The molecule has 27 nitrogen and oxygen atoms in total. The molecule has 5 aromatic rings. The summed E-state index contributed by atoms with van der Waals surface area (Å²) < 4.78 is 57.7. The minimum atomic E-state index is -3.21. The van der Waals surface area contributed by atoms with Gasteiger partial charge >= 0.3 is 12.1 Å². The number of likely N-dealkylation sites (N-methyl/N-ethyl adjacent to an activating group) is 1. The Morgan fingerprint density at radius 3 is 1.65 bits per heavy atom. The number of hydrogen-bond acceptors (Lipinski definition) is 19. The Hall–Kier alpha value is -10.4. The van der Waals surface area contributed by atoms with Gasteiger partial charge in [0.15, 0.2) is 34.2 Å². The van der Waals surface area contributed by atoms with Crippen LogP contribution in [0.4, 0.5) is 4.79 Å². The molecule has 9 N–H and O–H groups in total. The van der Waals surface area contributed by atoms with Gasteiger partial charge in [0, 0.05) is 29.8 Å². The van der Waals surface area contributed by atoms with Crippen LogP contribution in [0.5, 0.6) is 46.0 Å². The Morgan fingerprint density at radius 1 is 0.598 bits per heavy atom. The molecule has 112 heavy (non-hydrogen) atoms. The number of primary amides is 1. The summed E-state index contributed by atoms with van der Waals surface area (Å²) in [5.74, 6) is -11.0. The van der Waals surface area contributed by atoms with Crippen molar-refractivity contribution in [3.05, 3.63) is 180 Å². The molecule has 0 spiro atoms. The van der Waals surface area contributed by atoms with Crippen molar-refractivity contribution < 1.29 is 90.3 Å². The number of nitrogens with one attached hydrogen (secondary N) is 6. The number of phenols is 1. The second-order valence-electron chi connectivity index (χ2n) is 30.6. The number of ether oxygens (including phenoxy) is 7. The number of aromatic hydroxyl groups is 1. The van der Waals surface area contributed by atoms with Crippen LogP contribution < -0.4 is 61.3 Å². The first kappa shape index (κ1) is 87.1. The average Bonchev–Trinajstić information content (AvgIpc) is 0.756. The number of carbonyl (C=O) groups is 9. The van der Waals surface area contributed by atoms with Crippen LogP contribution in [0.3, 0.4) is 0 Å². The highest BCUT2D eigenvalue weighted by atomic mass is 35.5. The summed E-state index contributed by atoms with van der Waals surface area (Å²) in [6, 6.07) is 5.17. The molecule has 600 valence electrons. The van der Waals surface area contributed by atoms with Crippen molar-refractivity contribution in [2.24, 2.45) is 11.7 Å². The number of carbonyl (C=O) groups excluding carboxylic acids is 9. The number of nitrogens with zero attached hydrogens (tertiary/aromatic N) is 1. The maximum absolute atomic E-state index is 16.5. The summed E-state index contributed by atoms with van der Waals surface area (Å²) in [7, 11) is -5.02. The van der Waals surface area contributed by atoms with Gasteiger partial charge < -0.3 is 84.8 Å². The molecule has 5 aliphatic rings. The molecule has 0 saturated heterocycles. The first-order chi connectivity index (χ1) is 52.7. The van der Waals surface area contributed by atoms with Gasteiger partial charge in [-0.05, 0) is 125 Å². The number of rotatable bonds is 25. The summed E-state index contributed by atoms with van der Waals surface area (Å²) in [5.41, 5.74) is 6.09. The normalized spacial score (nSPS) is 19.7. The van der Waals surface area contributed by atoms with Crippen LogP contribution in [0, 0.1) is 5.92 Å². The Morgan fingerprint density at radius 2 is 1.11 bits per heavy atom. The minimum Gasteiger partial charge on any atom is -0.502 e. The molecule has 0 fully saturated rings. The van der Waals surface area contributed by atoms with Crippen molar-refractivity contribution >= 4 is 93.2 Å². The molecule has 0 saturated carbocycles. The second-order valence-corrected chi connectivity index (χ2v) is 40.9. The topological polar surface area (TPSA) is 358 Å². The number of esters is 1. The van der Waals surface area contributed by atoms with E-state index in [1.165, 1.54) is 104 Å².